The largest absolute Gasteiger partial charge is 0.390 e. The van der Waals surface area contributed by atoms with Crippen molar-refractivity contribution in [2.24, 2.45) is 0 Å². The van der Waals surface area contributed by atoms with E-state index in [1.807, 2.05) is 13.8 Å². The summed E-state index contributed by atoms with van der Waals surface area (Å²) in [5, 5.41) is 9.95. The van der Waals surface area contributed by atoms with Gasteiger partial charge in [-0.3, -0.25) is 0 Å². The fourth-order valence-electron chi connectivity index (χ4n) is 1.92. The van der Waals surface area contributed by atoms with E-state index in [2.05, 4.69) is 0 Å². The molecule has 0 bridgehead atoms. The SMILES string of the molecule is CC(C)N(C)S(=O)(=O)N1CCCC(C)(O)CC1. The minimum Gasteiger partial charge on any atom is -0.390 e. The Labute approximate surface area is 105 Å². The van der Waals surface area contributed by atoms with Crippen LogP contribution in [0.1, 0.15) is 40.0 Å². The molecule has 6 heteroatoms. The lowest BCUT2D eigenvalue weighted by Gasteiger charge is -2.29. The molecule has 102 valence electrons. The normalized spacial score (nSPS) is 28.6. The first-order chi connectivity index (χ1) is 7.67. The van der Waals surface area contributed by atoms with Crippen LogP contribution in [0, 0.1) is 0 Å². The second-order valence-electron chi connectivity index (χ2n) is 5.37. The Balaban J connectivity index is 2.80. The second-order valence-corrected chi connectivity index (χ2v) is 7.36. The van der Waals surface area contributed by atoms with Gasteiger partial charge in [0.2, 0.25) is 0 Å². The van der Waals surface area contributed by atoms with Crippen LogP contribution < -0.4 is 0 Å². The van der Waals surface area contributed by atoms with Gasteiger partial charge in [-0.15, -0.1) is 0 Å². The van der Waals surface area contributed by atoms with Crippen LogP contribution in [0.5, 0.6) is 0 Å². The zero-order valence-electron chi connectivity index (χ0n) is 11.2. The van der Waals surface area contributed by atoms with Gasteiger partial charge in [-0.1, -0.05) is 0 Å². The highest BCUT2D eigenvalue weighted by Crippen LogP contribution is 2.24. The molecule has 5 nitrogen and oxygen atoms in total. The lowest BCUT2D eigenvalue weighted by atomic mass is 9.98. The highest BCUT2D eigenvalue weighted by Gasteiger charge is 2.33. The molecule has 1 atom stereocenters. The maximum atomic E-state index is 12.3. The van der Waals surface area contributed by atoms with Crippen LogP contribution in [0.2, 0.25) is 0 Å². The Morgan fingerprint density at radius 2 is 1.88 bits per heavy atom. The fraction of sp³-hybridized carbons (Fsp3) is 1.00. The molecule has 17 heavy (non-hydrogen) atoms. The molecule has 1 rings (SSSR count). The molecular formula is C11H24N2O3S. The summed E-state index contributed by atoms with van der Waals surface area (Å²) in [7, 11) is -1.78. The molecule has 0 aliphatic carbocycles. The van der Waals surface area contributed by atoms with Crippen molar-refractivity contribution < 1.29 is 13.5 Å². The first kappa shape index (κ1) is 14.9. The summed E-state index contributed by atoms with van der Waals surface area (Å²) in [6.07, 6.45) is 1.86. The van der Waals surface area contributed by atoms with Crippen LogP contribution in [-0.2, 0) is 10.2 Å². The highest BCUT2D eigenvalue weighted by atomic mass is 32.2. The summed E-state index contributed by atoms with van der Waals surface area (Å²) < 4.78 is 27.4. The van der Waals surface area contributed by atoms with Gasteiger partial charge in [-0.05, 0) is 40.0 Å². The molecule has 0 radical (unpaired) electrons. The minimum atomic E-state index is -3.38. The van der Waals surface area contributed by atoms with Gasteiger partial charge in [0, 0.05) is 26.2 Å². The molecule has 0 saturated carbocycles. The van der Waals surface area contributed by atoms with E-state index in [0.29, 0.717) is 32.4 Å². The third-order valence-corrected chi connectivity index (χ3v) is 5.61. The summed E-state index contributed by atoms with van der Waals surface area (Å²) in [6, 6.07) is -0.0521. The van der Waals surface area contributed by atoms with Crippen LogP contribution in [0.25, 0.3) is 0 Å². The van der Waals surface area contributed by atoms with Gasteiger partial charge in [0.25, 0.3) is 10.2 Å². The monoisotopic (exact) mass is 264 g/mol. The lowest BCUT2D eigenvalue weighted by molar-refractivity contribution is 0.0464. The molecule has 0 aromatic carbocycles. The van der Waals surface area contributed by atoms with Gasteiger partial charge in [-0.25, -0.2) is 0 Å². The minimum absolute atomic E-state index is 0.0521. The summed E-state index contributed by atoms with van der Waals surface area (Å²) in [5.41, 5.74) is -0.735. The van der Waals surface area contributed by atoms with Crippen molar-refractivity contribution in [3.05, 3.63) is 0 Å². The summed E-state index contributed by atoms with van der Waals surface area (Å²) in [5.74, 6) is 0. The van der Waals surface area contributed by atoms with Gasteiger partial charge in [0.05, 0.1) is 5.60 Å². The Bertz CT molecular complexity index is 352. The molecule has 1 heterocycles. The Morgan fingerprint density at radius 1 is 1.29 bits per heavy atom. The standard InChI is InChI=1S/C11H24N2O3S/c1-10(2)12(4)17(15,16)13-8-5-6-11(3,14)7-9-13/h10,14H,5-9H2,1-4H3. The molecule has 1 saturated heterocycles. The molecule has 1 aliphatic heterocycles. The van der Waals surface area contributed by atoms with Crippen molar-refractivity contribution in [1.82, 2.24) is 8.61 Å². The van der Waals surface area contributed by atoms with Gasteiger partial charge in [0.15, 0.2) is 0 Å². The van der Waals surface area contributed by atoms with Crippen LogP contribution in [0.3, 0.4) is 0 Å². The summed E-state index contributed by atoms with van der Waals surface area (Å²) in [6.45, 7) is 6.37. The molecule has 0 amide bonds. The highest BCUT2D eigenvalue weighted by molar-refractivity contribution is 7.86. The van der Waals surface area contributed by atoms with E-state index in [4.69, 9.17) is 0 Å². The summed E-state index contributed by atoms with van der Waals surface area (Å²) >= 11 is 0. The smallest absolute Gasteiger partial charge is 0.281 e. The quantitative estimate of drug-likeness (QED) is 0.820. The van der Waals surface area contributed by atoms with Gasteiger partial charge >= 0.3 is 0 Å². The van der Waals surface area contributed by atoms with Crippen molar-refractivity contribution in [2.45, 2.75) is 51.7 Å². The van der Waals surface area contributed by atoms with Crippen LogP contribution in [0.4, 0.5) is 0 Å². The lowest BCUT2D eigenvalue weighted by Crippen LogP contribution is -2.45. The number of hydrogen-bond donors (Lipinski definition) is 1. The number of rotatable bonds is 3. The first-order valence-corrected chi connectivity index (χ1v) is 7.52. The molecule has 0 spiro atoms. The topological polar surface area (TPSA) is 60.9 Å². The average Bonchev–Trinajstić information content (AvgIpc) is 2.38. The predicted molar refractivity (Wildman–Crippen MR) is 67.9 cm³/mol. The van der Waals surface area contributed by atoms with E-state index in [9.17, 15) is 13.5 Å². The zero-order chi connectivity index (χ0) is 13.3. The van der Waals surface area contributed by atoms with Gasteiger partial charge < -0.3 is 5.11 Å². The van der Waals surface area contributed by atoms with Crippen LogP contribution in [-0.4, -0.2) is 53.9 Å². The number of aliphatic hydroxyl groups is 1. The molecule has 0 aromatic rings. The molecule has 0 aromatic heterocycles. The second kappa shape index (κ2) is 5.22. The number of hydrogen-bond acceptors (Lipinski definition) is 3. The average molecular weight is 264 g/mol. The molecule has 1 N–H and O–H groups in total. The molecule has 1 aliphatic rings. The van der Waals surface area contributed by atoms with Crippen molar-refractivity contribution in [3.8, 4) is 0 Å². The van der Waals surface area contributed by atoms with E-state index in [1.165, 1.54) is 8.61 Å². The predicted octanol–water partition coefficient (Wildman–Crippen LogP) is 0.808. The first-order valence-electron chi connectivity index (χ1n) is 6.12. The van der Waals surface area contributed by atoms with E-state index in [0.717, 1.165) is 0 Å². The van der Waals surface area contributed by atoms with E-state index in [-0.39, 0.29) is 6.04 Å². The maximum Gasteiger partial charge on any atom is 0.281 e. The van der Waals surface area contributed by atoms with E-state index in [1.54, 1.807) is 14.0 Å². The number of nitrogens with zero attached hydrogens (tertiary/aromatic N) is 2. The Hall–Kier alpha value is -0.170. The third kappa shape index (κ3) is 3.64. The zero-order valence-corrected chi connectivity index (χ0v) is 12.0. The molecule has 1 unspecified atom stereocenters. The van der Waals surface area contributed by atoms with Crippen molar-refractivity contribution in [1.29, 1.82) is 0 Å². The molecule has 1 fully saturated rings. The third-order valence-electron chi connectivity index (χ3n) is 3.44. The van der Waals surface area contributed by atoms with E-state index < -0.39 is 15.8 Å². The maximum absolute atomic E-state index is 12.3. The Kier molecular flexibility index (Phi) is 4.57. The Morgan fingerprint density at radius 3 is 2.41 bits per heavy atom. The van der Waals surface area contributed by atoms with Crippen molar-refractivity contribution in [2.75, 3.05) is 20.1 Å². The van der Waals surface area contributed by atoms with Crippen LogP contribution >= 0.6 is 0 Å². The fourth-order valence-corrected chi connectivity index (χ4v) is 3.50. The van der Waals surface area contributed by atoms with Crippen molar-refractivity contribution in [3.63, 3.8) is 0 Å². The summed E-state index contributed by atoms with van der Waals surface area (Å²) in [4.78, 5) is 0. The van der Waals surface area contributed by atoms with E-state index >= 15 is 0 Å². The van der Waals surface area contributed by atoms with Gasteiger partial charge in [-0.2, -0.15) is 17.0 Å². The van der Waals surface area contributed by atoms with Gasteiger partial charge in [0.1, 0.15) is 0 Å². The van der Waals surface area contributed by atoms with Crippen LogP contribution in [0.15, 0.2) is 0 Å². The van der Waals surface area contributed by atoms with Crippen molar-refractivity contribution >= 4 is 10.2 Å². The molecular weight excluding hydrogens is 240 g/mol.